The van der Waals surface area contributed by atoms with Crippen LogP contribution in [0.15, 0.2) is 24.4 Å². The summed E-state index contributed by atoms with van der Waals surface area (Å²) in [5, 5.41) is 0. The summed E-state index contributed by atoms with van der Waals surface area (Å²) in [5.41, 5.74) is 2.71. The predicted molar refractivity (Wildman–Crippen MR) is 70.9 cm³/mol. The van der Waals surface area contributed by atoms with Crippen molar-refractivity contribution in [3.8, 4) is 0 Å². The summed E-state index contributed by atoms with van der Waals surface area (Å²) < 4.78 is 0. The molecule has 1 aromatic rings. The summed E-state index contributed by atoms with van der Waals surface area (Å²) in [5.74, 6) is 3.82. The summed E-state index contributed by atoms with van der Waals surface area (Å²) in [4.78, 5) is 27.5. The lowest BCUT2D eigenvalue weighted by Crippen LogP contribution is -2.40. The van der Waals surface area contributed by atoms with Gasteiger partial charge in [-0.25, -0.2) is 5.84 Å². The highest BCUT2D eigenvalue weighted by Crippen LogP contribution is 2.11. The zero-order valence-corrected chi connectivity index (χ0v) is 11.1. The largest absolute Gasteiger partial charge is 0.298 e. The normalized spacial score (nSPS) is 11.2. The van der Waals surface area contributed by atoms with Crippen LogP contribution in [0.3, 0.4) is 0 Å². The number of ketones is 1. The molecule has 3 N–H and O–H groups in total. The fourth-order valence-corrected chi connectivity index (χ4v) is 1.63. The van der Waals surface area contributed by atoms with Crippen LogP contribution in [0.4, 0.5) is 0 Å². The molecule has 1 rings (SSSR count). The molecule has 1 atom stereocenters. The first-order chi connectivity index (χ1) is 8.19. The molecule has 1 unspecified atom stereocenters. The molecule has 0 aliphatic carbocycles. The lowest BCUT2D eigenvalue weighted by molar-refractivity contribution is -0.134. The second-order valence-corrected chi connectivity index (χ2v) is 3.81. The van der Waals surface area contributed by atoms with Gasteiger partial charge in [0.1, 0.15) is 0 Å². The van der Waals surface area contributed by atoms with Crippen molar-refractivity contribution in [3.63, 3.8) is 0 Å². The molecule has 0 saturated heterocycles. The lowest BCUT2D eigenvalue weighted by atomic mass is 9.94. The number of nitrogens with two attached hydrogens (primary N) is 1. The quantitative estimate of drug-likeness (QED) is 0.350. The maximum atomic E-state index is 11.9. The Labute approximate surface area is 113 Å². The number of carbonyl (C=O) groups is 2. The van der Waals surface area contributed by atoms with E-state index < -0.39 is 11.8 Å². The van der Waals surface area contributed by atoms with Crippen molar-refractivity contribution >= 4 is 24.1 Å². The zero-order chi connectivity index (χ0) is 12.7. The SMILES string of the molecule is CCCC(C(=O)Cc1ccccn1)C(=O)NN.Cl. The van der Waals surface area contributed by atoms with E-state index in [1.807, 2.05) is 18.4 Å². The zero-order valence-electron chi connectivity index (χ0n) is 10.3. The average Bonchev–Trinajstić information content (AvgIpc) is 2.36. The molecular weight excluding hydrogens is 254 g/mol. The Balaban J connectivity index is 0.00000289. The molecule has 1 aromatic heterocycles. The summed E-state index contributed by atoms with van der Waals surface area (Å²) in [6.07, 6.45) is 3.06. The van der Waals surface area contributed by atoms with Crippen molar-refractivity contribution in [2.75, 3.05) is 0 Å². The molecule has 0 aliphatic rings. The first kappa shape index (κ1) is 16.5. The van der Waals surface area contributed by atoms with Gasteiger partial charge in [0.2, 0.25) is 5.91 Å². The fourth-order valence-electron chi connectivity index (χ4n) is 1.63. The maximum absolute atomic E-state index is 11.9. The molecule has 0 saturated carbocycles. The summed E-state index contributed by atoms with van der Waals surface area (Å²) in [6.45, 7) is 1.92. The van der Waals surface area contributed by atoms with Crippen LogP contribution in [-0.2, 0) is 16.0 Å². The van der Waals surface area contributed by atoms with Gasteiger partial charge in [0.05, 0.1) is 5.92 Å². The molecule has 1 amide bonds. The average molecular weight is 272 g/mol. The number of hydrogen-bond acceptors (Lipinski definition) is 4. The third-order valence-electron chi connectivity index (χ3n) is 2.51. The molecule has 100 valence electrons. The minimum Gasteiger partial charge on any atom is -0.298 e. The molecule has 0 aliphatic heterocycles. The van der Waals surface area contributed by atoms with Crippen molar-refractivity contribution in [1.29, 1.82) is 0 Å². The molecule has 5 nitrogen and oxygen atoms in total. The maximum Gasteiger partial charge on any atom is 0.244 e. The third-order valence-corrected chi connectivity index (χ3v) is 2.51. The third kappa shape index (κ3) is 4.81. The standard InChI is InChI=1S/C12H17N3O2.ClH/c1-2-5-10(12(17)15-13)11(16)8-9-6-3-4-7-14-9;/h3-4,6-7,10H,2,5,8,13H2,1H3,(H,15,17);1H. The van der Waals surface area contributed by atoms with Crippen LogP contribution in [-0.4, -0.2) is 16.7 Å². The number of rotatable bonds is 6. The fraction of sp³-hybridized carbons (Fsp3) is 0.417. The Hall–Kier alpha value is -1.46. The van der Waals surface area contributed by atoms with E-state index in [-0.39, 0.29) is 24.6 Å². The minimum atomic E-state index is -0.674. The van der Waals surface area contributed by atoms with Crippen LogP contribution in [0.2, 0.25) is 0 Å². The van der Waals surface area contributed by atoms with Gasteiger partial charge in [-0.05, 0) is 18.6 Å². The van der Waals surface area contributed by atoms with Gasteiger partial charge < -0.3 is 0 Å². The Morgan fingerprint density at radius 1 is 1.44 bits per heavy atom. The number of hydrazine groups is 1. The molecule has 0 radical (unpaired) electrons. The first-order valence-electron chi connectivity index (χ1n) is 5.62. The topological polar surface area (TPSA) is 85.1 Å². The molecular formula is C12H18ClN3O2. The van der Waals surface area contributed by atoms with Crippen molar-refractivity contribution in [2.24, 2.45) is 11.8 Å². The number of pyridine rings is 1. The molecule has 0 bridgehead atoms. The van der Waals surface area contributed by atoms with Gasteiger partial charge in [-0.15, -0.1) is 12.4 Å². The van der Waals surface area contributed by atoms with Gasteiger partial charge in [-0.3, -0.25) is 20.0 Å². The van der Waals surface area contributed by atoms with Crippen LogP contribution in [0.5, 0.6) is 0 Å². The summed E-state index contributed by atoms with van der Waals surface area (Å²) >= 11 is 0. The van der Waals surface area contributed by atoms with E-state index in [4.69, 9.17) is 5.84 Å². The number of aromatic nitrogens is 1. The highest BCUT2D eigenvalue weighted by molar-refractivity contribution is 6.01. The second kappa shape index (κ2) is 8.60. The molecule has 0 spiro atoms. The van der Waals surface area contributed by atoms with Gasteiger partial charge in [0.15, 0.2) is 5.78 Å². The van der Waals surface area contributed by atoms with E-state index in [2.05, 4.69) is 4.98 Å². The summed E-state index contributed by atoms with van der Waals surface area (Å²) in [7, 11) is 0. The van der Waals surface area contributed by atoms with Crippen molar-refractivity contribution in [1.82, 2.24) is 10.4 Å². The number of carbonyl (C=O) groups excluding carboxylic acids is 2. The van der Waals surface area contributed by atoms with Crippen LogP contribution in [0, 0.1) is 5.92 Å². The van der Waals surface area contributed by atoms with Gasteiger partial charge in [-0.2, -0.15) is 0 Å². The second-order valence-electron chi connectivity index (χ2n) is 3.81. The number of amides is 1. The number of hydrogen-bond donors (Lipinski definition) is 2. The van der Waals surface area contributed by atoms with Crippen LogP contribution in [0.25, 0.3) is 0 Å². The van der Waals surface area contributed by atoms with E-state index in [1.54, 1.807) is 18.3 Å². The van der Waals surface area contributed by atoms with E-state index in [9.17, 15) is 9.59 Å². The minimum absolute atomic E-state index is 0. The number of Topliss-reactive ketones (excluding diaryl/α,β-unsaturated/α-hetero) is 1. The first-order valence-corrected chi connectivity index (χ1v) is 5.62. The van der Waals surface area contributed by atoms with Crippen molar-refractivity contribution < 1.29 is 9.59 Å². The Morgan fingerprint density at radius 3 is 2.67 bits per heavy atom. The van der Waals surface area contributed by atoms with Crippen LogP contribution in [0.1, 0.15) is 25.5 Å². The van der Waals surface area contributed by atoms with Gasteiger partial charge in [-0.1, -0.05) is 19.4 Å². The number of halogens is 1. The van der Waals surface area contributed by atoms with E-state index in [1.165, 1.54) is 0 Å². The Morgan fingerprint density at radius 2 is 2.17 bits per heavy atom. The molecule has 0 aromatic carbocycles. The van der Waals surface area contributed by atoms with Gasteiger partial charge in [0, 0.05) is 18.3 Å². The Kier molecular flexibility index (Phi) is 7.91. The molecule has 0 fully saturated rings. The van der Waals surface area contributed by atoms with Gasteiger partial charge in [0.25, 0.3) is 0 Å². The van der Waals surface area contributed by atoms with Crippen molar-refractivity contribution in [3.05, 3.63) is 30.1 Å². The molecule has 6 heteroatoms. The monoisotopic (exact) mass is 271 g/mol. The number of nitrogens with one attached hydrogen (secondary N) is 1. The van der Waals surface area contributed by atoms with Gasteiger partial charge >= 0.3 is 0 Å². The van der Waals surface area contributed by atoms with Crippen LogP contribution < -0.4 is 11.3 Å². The van der Waals surface area contributed by atoms with Crippen LogP contribution >= 0.6 is 12.4 Å². The van der Waals surface area contributed by atoms with E-state index in [0.29, 0.717) is 12.1 Å². The number of nitrogens with zero attached hydrogens (tertiary/aromatic N) is 1. The van der Waals surface area contributed by atoms with Crippen molar-refractivity contribution in [2.45, 2.75) is 26.2 Å². The molecule has 1 heterocycles. The highest BCUT2D eigenvalue weighted by Gasteiger charge is 2.25. The Bertz CT molecular complexity index is 384. The predicted octanol–water partition coefficient (Wildman–Crippen LogP) is 1.02. The molecule has 18 heavy (non-hydrogen) atoms. The summed E-state index contributed by atoms with van der Waals surface area (Å²) in [6, 6.07) is 5.36. The highest BCUT2D eigenvalue weighted by atomic mass is 35.5. The van der Waals surface area contributed by atoms with E-state index in [0.717, 1.165) is 6.42 Å². The van der Waals surface area contributed by atoms with E-state index >= 15 is 0 Å². The smallest absolute Gasteiger partial charge is 0.244 e. The lowest BCUT2D eigenvalue weighted by Gasteiger charge is -2.12.